The highest BCUT2D eigenvalue weighted by Crippen LogP contribution is 2.29. The zero-order valence-electron chi connectivity index (χ0n) is 11.3. The topological polar surface area (TPSA) is 49.6 Å². The van der Waals surface area contributed by atoms with Gasteiger partial charge in [0.2, 0.25) is 5.91 Å². The van der Waals surface area contributed by atoms with Crippen molar-refractivity contribution >= 4 is 11.6 Å². The lowest BCUT2D eigenvalue weighted by molar-refractivity contribution is -0.129. The number of hydrogen-bond donors (Lipinski definition) is 1. The Balaban J connectivity index is 2.32. The maximum absolute atomic E-state index is 11.8. The van der Waals surface area contributed by atoms with Gasteiger partial charge < -0.3 is 15.5 Å². The van der Waals surface area contributed by atoms with Crippen LogP contribution in [0.25, 0.3) is 0 Å². The molecule has 0 aliphatic carbocycles. The molecule has 0 saturated carbocycles. The van der Waals surface area contributed by atoms with Crippen LogP contribution < -0.4 is 10.6 Å². The molecule has 0 spiro atoms. The van der Waals surface area contributed by atoms with Crippen LogP contribution in [0.15, 0.2) is 24.3 Å². The Kier molecular flexibility index (Phi) is 3.30. The van der Waals surface area contributed by atoms with Crippen molar-refractivity contribution in [2.45, 2.75) is 19.4 Å². The standard InChI is InChI=1S/C14H21N3O/c1-14(2,15)11-6-4-5-7-12(11)17-9-8-16(3)13(18)10-17/h4-7H,8-10,15H2,1-3H3. The summed E-state index contributed by atoms with van der Waals surface area (Å²) in [5.74, 6) is 0.158. The lowest BCUT2D eigenvalue weighted by atomic mass is 9.93. The van der Waals surface area contributed by atoms with E-state index in [4.69, 9.17) is 5.73 Å². The van der Waals surface area contributed by atoms with Crippen molar-refractivity contribution in [1.29, 1.82) is 0 Å². The molecule has 1 heterocycles. The lowest BCUT2D eigenvalue weighted by Gasteiger charge is -2.36. The summed E-state index contributed by atoms with van der Waals surface area (Å²) in [4.78, 5) is 15.7. The molecule has 1 fully saturated rings. The first-order chi connectivity index (χ1) is 8.39. The molecule has 0 unspecified atom stereocenters. The molecule has 4 heteroatoms. The molecule has 1 amide bonds. The van der Waals surface area contributed by atoms with Crippen LogP contribution >= 0.6 is 0 Å². The van der Waals surface area contributed by atoms with E-state index in [1.54, 1.807) is 4.90 Å². The van der Waals surface area contributed by atoms with Crippen molar-refractivity contribution in [3.05, 3.63) is 29.8 Å². The first kappa shape index (κ1) is 12.9. The molecule has 2 N–H and O–H groups in total. The minimum Gasteiger partial charge on any atom is -0.360 e. The van der Waals surface area contributed by atoms with Gasteiger partial charge in [0.25, 0.3) is 0 Å². The van der Waals surface area contributed by atoms with Crippen LogP contribution in [0.5, 0.6) is 0 Å². The van der Waals surface area contributed by atoms with E-state index in [1.807, 2.05) is 45.2 Å². The first-order valence-corrected chi connectivity index (χ1v) is 6.27. The number of para-hydroxylation sites is 1. The van der Waals surface area contributed by atoms with Gasteiger partial charge in [0.05, 0.1) is 6.54 Å². The summed E-state index contributed by atoms with van der Waals surface area (Å²) in [6.45, 7) is 6.03. The maximum atomic E-state index is 11.8. The first-order valence-electron chi connectivity index (χ1n) is 6.27. The largest absolute Gasteiger partial charge is 0.360 e. The summed E-state index contributed by atoms with van der Waals surface area (Å²) in [5, 5.41) is 0. The number of anilines is 1. The molecular formula is C14H21N3O. The van der Waals surface area contributed by atoms with Gasteiger partial charge >= 0.3 is 0 Å². The average Bonchev–Trinajstić information content (AvgIpc) is 2.32. The molecule has 1 aromatic rings. The van der Waals surface area contributed by atoms with E-state index in [-0.39, 0.29) is 5.91 Å². The van der Waals surface area contributed by atoms with Gasteiger partial charge in [-0.1, -0.05) is 18.2 Å². The fourth-order valence-electron chi connectivity index (χ4n) is 2.26. The van der Waals surface area contributed by atoms with Gasteiger partial charge in [-0.25, -0.2) is 0 Å². The van der Waals surface area contributed by atoms with Crippen molar-refractivity contribution in [2.75, 3.05) is 31.6 Å². The third-order valence-corrected chi connectivity index (χ3v) is 3.40. The number of nitrogens with zero attached hydrogens (tertiary/aromatic N) is 2. The number of piperazine rings is 1. The van der Waals surface area contributed by atoms with Gasteiger partial charge in [0.1, 0.15) is 0 Å². The van der Waals surface area contributed by atoms with E-state index in [0.717, 1.165) is 24.3 Å². The summed E-state index contributed by atoms with van der Waals surface area (Å²) in [5.41, 5.74) is 7.97. The molecule has 98 valence electrons. The van der Waals surface area contributed by atoms with E-state index in [2.05, 4.69) is 4.90 Å². The fraction of sp³-hybridized carbons (Fsp3) is 0.500. The number of nitrogens with two attached hydrogens (primary N) is 1. The molecule has 4 nitrogen and oxygen atoms in total. The molecule has 0 atom stereocenters. The van der Waals surface area contributed by atoms with E-state index >= 15 is 0 Å². The van der Waals surface area contributed by atoms with Crippen molar-refractivity contribution < 1.29 is 4.79 Å². The van der Waals surface area contributed by atoms with Crippen LogP contribution in [0.4, 0.5) is 5.69 Å². The molecule has 1 saturated heterocycles. The van der Waals surface area contributed by atoms with E-state index in [0.29, 0.717) is 6.54 Å². The Morgan fingerprint density at radius 1 is 1.22 bits per heavy atom. The van der Waals surface area contributed by atoms with Gasteiger partial charge in [-0.05, 0) is 25.5 Å². The molecule has 0 bridgehead atoms. The van der Waals surface area contributed by atoms with Crippen molar-refractivity contribution in [3.63, 3.8) is 0 Å². The average molecular weight is 247 g/mol. The Morgan fingerprint density at radius 2 is 1.89 bits per heavy atom. The second-order valence-corrected chi connectivity index (χ2v) is 5.48. The highest BCUT2D eigenvalue weighted by Gasteiger charge is 2.26. The molecule has 2 rings (SSSR count). The number of amides is 1. The summed E-state index contributed by atoms with van der Waals surface area (Å²) in [6.07, 6.45) is 0. The number of benzene rings is 1. The third kappa shape index (κ3) is 2.48. The predicted molar refractivity (Wildman–Crippen MR) is 73.5 cm³/mol. The number of carbonyl (C=O) groups is 1. The molecule has 1 aliphatic rings. The summed E-state index contributed by atoms with van der Waals surface area (Å²) >= 11 is 0. The quantitative estimate of drug-likeness (QED) is 0.853. The van der Waals surface area contributed by atoms with Gasteiger partial charge in [-0.15, -0.1) is 0 Å². The Bertz CT molecular complexity index is 451. The lowest BCUT2D eigenvalue weighted by Crippen LogP contribution is -2.49. The number of carbonyl (C=O) groups excluding carboxylic acids is 1. The monoisotopic (exact) mass is 247 g/mol. The van der Waals surface area contributed by atoms with Crippen LogP contribution in [0.3, 0.4) is 0 Å². The highest BCUT2D eigenvalue weighted by molar-refractivity contribution is 5.83. The molecule has 0 radical (unpaired) electrons. The van der Waals surface area contributed by atoms with Crippen molar-refractivity contribution in [1.82, 2.24) is 4.90 Å². The van der Waals surface area contributed by atoms with Crippen molar-refractivity contribution in [2.24, 2.45) is 5.73 Å². The Labute approximate surface area is 108 Å². The van der Waals surface area contributed by atoms with Crippen LogP contribution in [-0.2, 0) is 10.3 Å². The molecule has 18 heavy (non-hydrogen) atoms. The summed E-state index contributed by atoms with van der Waals surface area (Å²) < 4.78 is 0. The number of likely N-dealkylation sites (N-methyl/N-ethyl adjacent to an activating group) is 1. The van der Waals surface area contributed by atoms with Crippen LogP contribution in [0.2, 0.25) is 0 Å². The third-order valence-electron chi connectivity index (χ3n) is 3.40. The predicted octanol–water partition coefficient (Wildman–Crippen LogP) is 1.16. The molecular weight excluding hydrogens is 226 g/mol. The number of hydrogen-bond acceptors (Lipinski definition) is 3. The molecule has 1 aromatic carbocycles. The van der Waals surface area contributed by atoms with E-state index in [9.17, 15) is 4.79 Å². The summed E-state index contributed by atoms with van der Waals surface area (Å²) in [6, 6.07) is 8.07. The van der Waals surface area contributed by atoms with Gasteiger partial charge in [-0.2, -0.15) is 0 Å². The van der Waals surface area contributed by atoms with Gasteiger partial charge in [0.15, 0.2) is 0 Å². The van der Waals surface area contributed by atoms with Crippen LogP contribution in [0, 0.1) is 0 Å². The summed E-state index contributed by atoms with van der Waals surface area (Å²) in [7, 11) is 1.85. The second kappa shape index (κ2) is 4.61. The van der Waals surface area contributed by atoms with Gasteiger partial charge in [-0.3, -0.25) is 4.79 Å². The fourth-order valence-corrected chi connectivity index (χ4v) is 2.26. The molecule has 1 aliphatic heterocycles. The van der Waals surface area contributed by atoms with Crippen molar-refractivity contribution in [3.8, 4) is 0 Å². The Hall–Kier alpha value is -1.55. The SMILES string of the molecule is CN1CCN(c2ccccc2C(C)(C)N)CC1=O. The zero-order valence-corrected chi connectivity index (χ0v) is 11.3. The zero-order chi connectivity index (χ0) is 13.3. The van der Waals surface area contributed by atoms with E-state index < -0.39 is 5.54 Å². The smallest absolute Gasteiger partial charge is 0.241 e. The van der Waals surface area contributed by atoms with E-state index in [1.165, 1.54) is 0 Å². The second-order valence-electron chi connectivity index (χ2n) is 5.48. The normalized spacial score (nSPS) is 17.2. The Morgan fingerprint density at radius 3 is 2.50 bits per heavy atom. The molecule has 0 aromatic heterocycles. The van der Waals surface area contributed by atoms with Gasteiger partial charge in [0, 0.05) is 31.4 Å². The minimum atomic E-state index is -0.400. The van der Waals surface area contributed by atoms with Crippen LogP contribution in [-0.4, -0.2) is 37.5 Å². The van der Waals surface area contributed by atoms with Crippen LogP contribution in [0.1, 0.15) is 19.4 Å². The maximum Gasteiger partial charge on any atom is 0.241 e. The minimum absolute atomic E-state index is 0.158. The highest BCUT2D eigenvalue weighted by atomic mass is 16.2. The number of rotatable bonds is 2.